The highest BCUT2D eigenvalue weighted by atomic mass is 16.5. The minimum absolute atomic E-state index is 0.0688. The predicted octanol–water partition coefficient (Wildman–Crippen LogP) is 4.12. The van der Waals surface area contributed by atoms with E-state index in [1.165, 1.54) is 25.3 Å². The quantitative estimate of drug-likeness (QED) is 0.362. The molecule has 0 spiro atoms. The van der Waals surface area contributed by atoms with Crippen LogP contribution in [0.3, 0.4) is 0 Å². The van der Waals surface area contributed by atoms with Crippen molar-refractivity contribution < 1.29 is 29.6 Å². The third kappa shape index (κ3) is 4.59. The molecule has 30 heavy (non-hydrogen) atoms. The molecular weight excluding hydrogens is 386 g/mol. The van der Waals surface area contributed by atoms with Crippen molar-refractivity contribution in [2.45, 2.75) is 0 Å². The second-order valence-corrected chi connectivity index (χ2v) is 6.33. The molecule has 0 aromatic heterocycles. The summed E-state index contributed by atoms with van der Waals surface area (Å²) < 4.78 is 5.44. The normalized spacial score (nSPS) is 10.7. The molecule has 0 fully saturated rings. The number of carboxylic acids is 1. The summed E-state index contributed by atoms with van der Waals surface area (Å²) in [5, 5.41) is 30.7. The number of carbonyl (C=O) groups excluding carboxylic acids is 1. The van der Waals surface area contributed by atoms with Crippen LogP contribution in [0.5, 0.6) is 17.2 Å². The van der Waals surface area contributed by atoms with Crippen molar-refractivity contribution >= 4 is 23.6 Å². The van der Waals surface area contributed by atoms with E-state index >= 15 is 0 Å². The first-order valence-electron chi connectivity index (χ1n) is 8.91. The van der Waals surface area contributed by atoms with Gasteiger partial charge in [-0.2, -0.15) is 0 Å². The topological polar surface area (TPSA) is 116 Å². The number of rotatable bonds is 6. The number of carbonyl (C=O) groups is 2. The summed E-state index contributed by atoms with van der Waals surface area (Å²) in [6.07, 6.45) is 2.86. The van der Waals surface area contributed by atoms with Crippen LogP contribution in [0.1, 0.15) is 15.9 Å². The second kappa shape index (κ2) is 8.83. The molecule has 3 aromatic rings. The molecular formula is C23H19NO6. The number of aromatic carboxylic acids is 1. The Labute approximate surface area is 172 Å². The average Bonchev–Trinajstić information content (AvgIpc) is 2.73. The van der Waals surface area contributed by atoms with Gasteiger partial charge >= 0.3 is 5.97 Å². The van der Waals surface area contributed by atoms with Crippen LogP contribution in [-0.4, -0.2) is 34.3 Å². The largest absolute Gasteiger partial charge is 0.508 e. The summed E-state index contributed by atoms with van der Waals surface area (Å²) in [5.74, 6) is -1.30. The van der Waals surface area contributed by atoms with E-state index in [1.54, 1.807) is 48.5 Å². The first kappa shape index (κ1) is 20.5. The van der Waals surface area contributed by atoms with E-state index in [4.69, 9.17) is 4.74 Å². The zero-order valence-corrected chi connectivity index (χ0v) is 16.0. The lowest BCUT2D eigenvalue weighted by molar-refractivity contribution is -0.111. The maximum Gasteiger partial charge on any atom is 0.337 e. The van der Waals surface area contributed by atoms with Crippen LogP contribution in [0.2, 0.25) is 0 Å². The number of anilines is 1. The summed E-state index contributed by atoms with van der Waals surface area (Å²) in [7, 11) is 1.54. The lowest BCUT2D eigenvalue weighted by atomic mass is 9.98. The molecule has 3 aromatic carbocycles. The van der Waals surface area contributed by atoms with Crippen molar-refractivity contribution in [2.75, 3.05) is 12.4 Å². The number of hydrogen-bond acceptors (Lipinski definition) is 5. The number of phenols is 2. The van der Waals surface area contributed by atoms with Gasteiger partial charge in [0.1, 0.15) is 17.2 Å². The summed E-state index contributed by atoms with van der Waals surface area (Å²) in [4.78, 5) is 23.7. The lowest BCUT2D eigenvalue weighted by Crippen LogP contribution is -2.11. The summed E-state index contributed by atoms with van der Waals surface area (Å²) in [6.45, 7) is 0. The Morgan fingerprint density at radius 1 is 0.967 bits per heavy atom. The molecule has 0 atom stereocenters. The number of methoxy groups -OCH3 is 1. The number of carboxylic acid groups (broad SMARTS) is 1. The van der Waals surface area contributed by atoms with Crippen molar-refractivity contribution in [3.63, 3.8) is 0 Å². The van der Waals surface area contributed by atoms with Gasteiger partial charge in [0.2, 0.25) is 5.91 Å². The third-order valence-corrected chi connectivity index (χ3v) is 4.34. The molecule has 7 nitrogen and oxygen atoms in total. The predicted molar refractivity (Wildman–Crippen MR) is 113 cm³/mol. The summed E-state index contributed by atoms with van der Waals surface area (Å²) in [5.41, 5.74) is 2.07. The number of nitrogens with one attached hydrogen (secondary N) is 1. The molecule has 3 rings (SSSR count). The van der Waals surface area contributed by atoms with E-state index < -0.39 is 11.9 Å². The highest BCUT2D eigenvalue weighted by Gasteiger charge is 2.13. The molecule has 0 saturated carbocycles. The summed E-state index contributed by atoms with van der Waals surface area (Å²) >= 11 is 0. The molecule has 4 N–H and O–H groups in total. The molecule has 0 saturated heterocycles. The van der Waals surface area contributed by atoms with E-state index in [0.29, 0.717) is 11.3 Å². The van der Waals surface area contributed by atoms with E-state index in [0.717, 1.165) is 17.2 Å². The third-order valence-electron chi connectivity index (χ3n) is 4.34. The van der Waals surface area contributed by atoms with Crippen molar-refractivity contribution in [3.8, 4) is 28.4 Å². The van der Waals surface area contributed by atoms with Crippen LogP contribution in [0.25, 0.3) is 17.2 Å². The van der Waals surface area contributed by atoms with Crippen LogP contribution >= 0.6 is 0 Å². The van der Waals surface area contributed by atoms with Crippen molar-refractivity contribution in [3.05, 3.63) is 77.9 Å². The van der Waals surface area contributed by atoms with Crippen LogP contribution in [-0.2, 0) is 4.79 Å². The first-order valence-corrected chi connectivity index (χ1v) is 8.91. The van der Waals surface area contributed by atoms with Gasteiger partial charge in [-0.05, 0) is 53.6 Å². The van der Waals surface area contributed by atoms with Gasteiger partial charge in [0, 0.05) is 11.6 Å². The van der Waals surface area contributed by atoms with E-state index in [1.807, 2.05) is 0 Å². The number of ether oxygens (including phenoxy) is 1. The number of aromatic hydroxyl groups is 2. The van der Waals surface area contributed by atoms with Gasteiger partial charge in [0.15, 0.2) is 0 Å². The highest BCUT2D eigenvalue weighted by Crippen LogP contribution is 2.35. The van der Waals surface area contributed by atoms with E-state index in [9.17, 15) is 24.9 Å². The van der Waals surface area contributed by atoms with E-state index in [2.05, 4.69) is 5.32 Å². The first-order chi connectivity index (χ1) is 14.4. The van der Waals surface area contributed by atoms with Crippen LogP contribution in [0.15, 0.2) is 66.7 Å². The molecule has 0 heterocycles. The molecule has 0 aliphatic carbocycles. The molecule has 0 aliphatic rings. The smallest absolute Gasteiger partial charge is 0.337 e. The maximum absolute atomic E-state index is 12.4. The Balaban J connectivity index is 1.90. The van der Waals surface area contributed by atoms with Gasteiger partial charge in [-0.15, -0.1) is 0 Å². The summed E-state index contributed by atoms with van der Waals surface area (Å²) in [6, 6.07) is 15.6. The molecule has 1 amide bonds. The Morgan fingerprint density at radius 3 is 2.33 bits per heavy atom. The van der Waals surface area contributed by atoms with Crippen LogP contribution < -0.4 is 10.1 Å². The molecule has 0 radical (unpaired) electrons. The van der Waals surface area contributed by atoms with Crippen LogP contribution in [0, 0.1) is 0 Å². The number of phenolic OH excluding ortho intramolecular Hbond substituents is 2. The van der Waals surface area contributed by atoms with Gasteiger partial charge in [0.05, 0.1) is 18.4 Å². The van der Waals surface area contributed by atoms with Gasteiger partial charge in [-0.1, -0.05) is 24.3 Å². The Hall–Kier alpha value is -4.26. The monoisotopic (exact) mass is 405 g/mol. The lowest BCUT2D eigenvalue weighted by Gasteiger charge is -2.12. The van der Waals surface area contributed by atoms with E-state index in [-0.39, 0.29) is 22.7 Å². The molecule has 0 bridgehead atoms. The fourth-order valence-electron chi connectivity index (χ4n) is 2.95. The molecule has 7 heteroatoms. The minimum atomic E-state index is -1.27. The Bertz CT molecular complexity index is 1120. The minimum Gasteiger partial charge on any atom is -0.508 e. The van der Waals surface area contributed by atoms with Gasteiger partial charge < -0.3 is 25.4 Å². The SMILES string of the molecule is COc1cccc(C=CC(=O)Nc2ccc(O)cc2C(=O)O)c1-c1ccc(O)cc1. The number of hydrogen-bond donors (Lipinski definition) is 4. The van der Waals surface area contributed by atoms with Crippen molar-refractivity contribution in [2.24, 2.45) is 0 Å². The average molecular weight is 405 g/mol. The van der Waals surface area contributed by atoms with Crippen LogP contribution in [0.4, 0.5) is 5.69 Å². The molecule has 152 valence electrons. The van der Waals surface area contributed by atoms with Gasteiger partial charge in [-0.3, -0.25) is 4.79 Å². The van der Waals surface area contributed by atoms with Gasteiger partial charge in [-0.25, -0.2) is 4.79 Å². The zero-order valence-electron chi connectivity index (χ0n) is 16.0. The maximum atomic E-state index is 12.4. The second-order valence-electron chi connectivity index (χ2n) is 6.33. The van der Waals surface area contributed by atoms with Gasteiger partial charge in [0.25, 0.3) is 0 Å². The van der Waals surface area contributed by atoms with Crippen molar-refractivity contribution in [1.29, 1.82) is 0 Å². The van der Waals surface area contributed by atoms with Crippen molar-refractivity contribution in [1.82, 2.24) is 0 Å². The molecule has 0 aliphatic heterocycles. The fraction of sp³-hybridized carbons (Fsp3) is 0.0435. The zero-order chi connectivity index (χ0) is 21.7. The standard InChI is InChI=1S/C23H19NO6/c1-30-20-4-2-3-14(22(20)15-5-8-16(25)9-6-15)7-12-21(27)24-19-11-10-17(26)13-18(19)23(28)29/h2-13,25-26H,1H3,(H,24,27)(H,28,29). The Kier molecular flexibility index (Phi) is 6.03. The fourth-order valence-corrected chi connectivity index (χ4v) is 2.95. The highest BCUT2D eigenvalue weighted by molar-refractivity contribution is 6.06. The number of benzene rings is 3. The Morgan fingerprint density at radius 2 is 1.67 bits per heavy atom. The molecule has 0 unspecified atom stereocenters. The number of amides is 1.